The Bertz CT molecular complexity index is 625. The van der Waals surface area contributed by atoms with Crippen LogP contribution in [0, 0.1) is 9.39 Å². The fourth-order valence-corrected chi connectivity index (χ4v) is 3.20. The van der Waals surface area contributed by atoms with Gasteiger partial charge in [0.15, 0.2) is 0 Å². The van der Waals surface area contributed by atoms with E-state index in [1.165, 1.54) is 12.5 Å². The first-order valence-corrected chi connectivity index (χ1v) is 7.45. The average molecular weight is 374 g/mol. The molecule has 1 saturated heterocycles. The van der Waals surface area contributed by atoms with Gasteiger partial charge in [0, 0.05) is 18.7 Å². The third-order valence-electron chi connectivity index (χ3n) is 3.88. The molecule has 0 bridgehead atoms. The minimum Gasteiger partial charge on any atom is -0.369 e. The number of hydrogen-bond acceptors (Lipinski definition) is 3. The van der Waals surface area contributed by atoms with E-state index in [9.17, 15) is 4.39 Å². The van der Waals surface area contributed by atoms with Crippen LogP contribution in [0.15, 0.2) is 12.1 Å². The molecule has 19 heavy (non-hydrogen) atoms. The molecule has 0 aliphatic carbocycles. The molecule has 2 N–H and O–H groups in total. The van der Waals surface area contributed by atoms with Gasteiger partial charge in [-0.05, 0) is 55.1 Å². The summed E-state index contributed by atoms with van der Waals surface area (Å²) in [6.07, 6.45) is 2.36. The van der Waals surface area contributed by atoms with Crippen LogP contribution < -0.4 is 5.73 Å². The van der Waals surface area contributed by atoms with Gasteiger partial charge in [0.25, 0.3) is 0 Å². The Hall–Kier alpha value is -0.890. The van der Waals surface area contributed by atoms with E-state index in [0.29, 0.717) is 15.6 Å². The normalized spacial score (nSPS) is 20.5. The molecule has 1 aromatic carbocycles. The maximum Gasteiger partial charge on any atom is 0.201 e. The van der Waals surface area contributed by atoms with Crippen molar-refractivity contribution in [1.29, 1.82) is 0 Å². The number of hydrogen-bond donors (Lipinski definition) is 1. The van der Waals surface area contributed by atoms with E-state index in [0.717, 1.165) is 30.5 Å². The molecule has 0 spiro atoms. The van der Waals surface area contributed by atoms with Crippen molar-refractivity contribution in [3.05, 3.63) is 21.5 Å². The third-order valence-corrected chi connectivity index (χ3v) is 4.71. The van der Waals surface area contributed by atoms with Crippen LogP contribution in [0.3, 0.4) is 0 Å². The summed E-state index contributed by atoms with van der Waals surface area (Å²) in [6.45, 7) is 1.89. The van der Waals surface area contributed by atoms with E-state index in [-0.39, 0.29) is 5.82 Å². The standard InChI is InChI=1S/C13H16FIN4/c1-18-4-2-3-8(18)7-19-12-5-9(14)10(15)6-11(12)17-13(19)16/h5-6,8H,2-4,7H2,1H3,(H2,16,17). The molecule has 0 radical (unpaired) electrons. The fourth-order valence-electron chi connectivity index (χ4n) is 2.75. The van der Waals surface area contributed by atoms with Crippen molar-refractivity contribution < 1.29 is 4.39 Å². The summed E-state index contributed by atoms with van der Waals surface area (Å²) in [5.41, 5.74) is 7.54. The number of likely N-dealkylation sites (N-methyl/N-ethyl adjacent to an activating group) is 1. The average Bonchev–Trinajstić information content (AvgIpc) is 2.88. The fraction of sp³-hybridized carbons (Fsp3) is 0.462. The van der Waals surface area contributed by atoms with Crippen molar-refractivity contribution in [2.24, 2.45) is 0 Å². The Morgan fingerprint density at radius 3 is 3.00 bits per heavy atom. The van der Waals surface area contributed by atoms with Crippen LogP contribution in [-0.4, -0.2) is 34.1 Å². The van der Waals surface area contributed by atoms with Crippen LogP contribution in [0.2, 0.25) is 0 Å². The quantitative estimate of drug-likeness (QED) is 0.822. The summed E-state index contributed by atoms with van der Waals surface area (Å²) in [5.74, 6) is 0.255. The second-order valence-corrected chi connectivity index (χ2v) is 6.27. The number of imidazole rings is 1. The first-order valence-electron chi connectivity index (χ1n) is 6.37. The molecule has 1 fully saturated rings. The van der Waals surface area contributed by atoms with Crippen LogP contribution in [0.25, 0.3) is 11.0 Å². The molecule has 2 aromatic rings. The van der Waals surface area contributed by atoms with E-state index >= 15 is 0 Å². The van der Waals surface area contributed by atoms with Gasteiger partial charge in [-0.25, -0.2) is 9.37 Å². The van der Waals surface area contributed by atoms with Crippen molar-refractivity contribution in [1.82, 2.24) is 14.5 Å². The Morgan fingerprint density at radius 1 is 1.53 bits per heavy atom. The maximum absolute atomic E-state index is 13.7. The van der Waals surface area contributed by atoms with Crippen LogP contribution >= 0.6 is 22.6 Å². The molecule has 102 valence electrons. The molecule has 0 amide bonds. The van der Waals surface area contributed by atoms with Crippen LogP contribution in [0.4, 0.5) is 10.3 Å². The lowest BCUT2D eigenvalue weighted by atomic mass is 10.2. The van der Waals surface area contributed by atoms with Crippen molar-refractivity contribution in [3.63, 3.8) is 0 Å². The van der Waals surface area contributed by atoms with Crippen LogP contribution in [0.5, 0.6) is 0 Å². The van der Waals surface area contributed by atoms with Gasteiger partial charge in [-0.2, -0.15) is 0 Å². The van der Waals surface area contributed by atoms with Crippen molar-refractivity contribution in [2.45, 2.75) is 25.4 Å². The molecule has 6 heteroatoms. The smallest absolute Gasteiger partial charge is 0.201 e. The highest BCUT2D eigenvalue weighted by Gasteiger charge is 2.23. The van der Waals surface area contributed by atoms with Crippen molar-refractivity contribution in [3.8, 4) is 0 Å². The van der Waals surface area contributed by atoms with E-state index in [1.54, 1.807) is 6.07 Å². The molecule has 1 unspecified atom stereocenters. The minimum absolute atomic E-state index is 0.214. The summed E-state index contributed by atoms with van der Waals surface area (Å²) in [4.78, 5) is 6.66. The molecule has 1 aliphatic heterocycles. The lowest BCUT2D eigenvalue weighted by molar-refractivity contribution is 0.285. The summed E-state index contributed by atoms with van der Waals surface area (Å²) in [7, 11) is 2.12. The Kier molecular flexibility index (Phi) is 3.38. The second kappa shape index (κ2) is 4.90. The zero-order valence-corrected chi connectivity index (χ0v) is 12.9. The number of aromatic nitrogens is 2. The summed E-state index contributed by atoms with van der Waals surface area (Å²) < 4.78 is 16.2. The molecule has 3 rings (SSSR count). The van der Waals surface area contributed by atoms with Gasteiger partial charge in [-0.15, -0.1) is 0 Å². The van der Waals surface area contributed by atoms with Gasteiger partial charge in [0.1, 0.15) is 5.82 Å². The van der Waals surface area contributed by atoms with Crippen molar-refractivity contribution in [2.75, 3.05) is 19.3 Å². The summed E-state index contributed by atoms with van der Waals surface area (Å²) in [6, 6.07) is 3.74. The Balaban J connectivity index is 2.02. The largest absolute Gasteiger partial charge is 0.369 e. The predicted molar refractivity (Wildman–Crippen MR) is 82.5 cm³/mol. The SMILES string of the molecule is CN1CCCC1Cn1c(N)nc2cc(I)c(F)cc21. The highest BCUT2D eigenvalue weighted by Crippen LogP contribution is 2.25. The van der Waals surface area contributed by atoms with E-state index in [1.807, 2.05) is 27.2 Å². The lowest BCUT2D eigenvalue weighted by Crippen LogP contribution is -2.29. The van der Waals surface area contributed by atoms with Crippen molar-refractivity contribution >= 4 is 39.6 Å². The molecule has 1 atom stereocenters. The molecule has 4 nitrogen and oxygen atoms in total. The van der Waals surface area contributed by atoms with Gasteiger partial charge >= 0.3 is 0 Å². The number of nitrogens with two attached hydrogens (primary N) is 1. The van der Waals surface area contributed by atoms with Crippen LogP contribution in [-0.2, 0) is 6.54 Å². The number of nitrogen functional groups attached to an aromatic ring is 1. The number of benzene rings is 1. The number of halogens is 2. The van der Waals surface area contributed by atoms with Crippen LogP contribution in [0.1, 0.15) is 12.8 Å². The monoisotopic (exact) mass is 374 g/mol. The molecule has 1 aromatic heterocycles. The molecule has 0 saturated carbocycles. The number of rotatable bonds is 2. The number of likely N-dealkylation sites (tertiary alicyclic amines) is 1. The maximum atomic E-state index is 13.7. The first-order chi connectivity index (χ1) is 9.06. The van der Waals surface area contributed by atoms with Gasteiger partial charge < -0.3 is 15.2 Å². The minimum atomic E-state index is -0.214. The lowest BCUT2D eigenvalue weighted by Gasteiger charge is -2.20. The zero-order chi connectivity index (χ0) is 13.6. The summed E-state index contributed by atoms with van der Waals surface area (Å²) >= 11 is 1.97. The van der Waals surface area contributed by atoms with E-state index in [2.05, 4.69) is 16.9 Å². The zero-order valence-electron chi connectivity index (χ0n) is 10.7. The molecular weight excluding hydrogens is 358 g/mol. The second-order valence-electron chi connectivity index (χ2n) is 5.11. The Morgan fingerprint density at radius 2 is 2.32 bits per heavy atom. The highest BCUT2D eigenvalue weighted by atomic mass is 127. The highest BCUT2D eigenvalue weighted by molar-refractivity contribution is 14.1. The first kappa shape index (κ1) is 13.1. The van der Waals surface area contributed by atoms with Gasteiger partial charge in [-0.3, -0.25) is 0 Å². The predicted octanol–water partition coefficient (Wildman–Crippen LogP) is 2.46. The van der Waals surface area contributed by atoms with Gasteiger partial charge in [0.2, 0.25) is 5.95 Å². The summed E-state index contributed by atoms with van der Waals surface area (Å²) in [5, 5.41) is 0. The third kappa shape index (κ3) is 2.31. The topological polar surface area (TPSA) is 47.1 Å². The number of fused-ring (bicyclic) bond motifs is 1. The number of anilines is 1. The molecular formula is C13H16FIN4. The van der Waals surface area contributed by atoms with Gasteiger partial charge in [0.05, 0.1) is 14.6 Å². The number of nitrogens with zero attached hydrogens (tertiary/aromatic N) is 3. The van der Waals surface area contributed by atoms with Gasteiger partial charge in [-0.1, -0.05) is 0 Å². The Labute approximate surface area is 124 Å². The van der Waals surface area contributed by atoms with E-state index in [4.69, 9.17) is 5.73 Å². The van der Waals surface area contributed by atoms with E-state index < -0.39 is 0 Å². The molecule has 1 aliphatic rings. The molecule has 2 heterocycles.